The summed E-state index contributed by atoms with van der Waals surface area (Å²) in [5.41, 5.74) is 3.27. The molecule has 1 aromatic carbocycles. The van der Waals surface area contributed by atoms with Gasteiger partial charge < -0.3 is 14.9 Å². The molecule has 0 aliphatic heterocycles. The van der Waals surface area contributed by atoms with Crippen molar-refractivity contribution in [1.82, 2.24) is 29.4 Å². The van der Waals surface area contributed by atoms with Crippen LogP contribution in [-0.4, -0.2) is 30.6 Å². The molecule has 0 unspecified atom stereocenters. The van der Waals surface area contributed by atoms with Crippen LogP contribution in [0.2, 0.25) is 0 Å². The predicted molar refractivity (Wildman–Crippen MR) is 100 cm³/mol. The lowest BCUT2D eigenvalue weighted by Gasteiger charge is -2.08. The number of aryl methyl sites for hydroxylation is 1. The highest BCUT2D eigenvalue weighted by atomic mass is 32.1. The van der Waals surface area contributed by atoms with E-state index >= 15 is 0 Å². The Morgan fingerprint density at radius 2 is 2.16 bits per heavy atom. The number of para-hydroxylation sites is 1. The Hall–Kier alpha value is -2.71. The second kappa shape index (κ2) is 6.30. The molecule has 8 heteroatoms. The Morgan fingerprint density at radius 1 is 1.32 bits per heavy atom. The molecule has 0 fully saturated rings. The molecule has 0 amide bonds. The Balaban J connectivity index is 1.49. The first-order valence-electron chi connectivity index (χ1n) is 8.05. The monoisotopic (exact) mass is 354 g/mol. The van der Waals surface area contributed by atoms with Crippen molar-refractivity contribution < 1.29 is 0 Å². The molecular weight excluding hydrogens is 336 g/mol. The van der Waals surface area contributed by atoms with Gasteiger partial charge in [-0.15, -0.1) is 0 Å². The smallest absolute Gasteiger partial charge is 0.277 e. The molecule has 3 heterocycles. The summed E-state index contributed by atoms with van der Waals surface area (Å²) in [5, 5.41) is 4.70. The second-order valence-corrected chi connectivity index (χ2v) is 6.36. The normalized spacial score (nSPS) is 11.6. The van der Waals surface area contributed by atoms with Crippen LogP contribution in [0.25, 0.3) is 22.1 Å². The van der Waals surface area contributed by atoms with Crippen molar-refractivity contribution in [3.63, 3.8) is 0 Å². The van der Waals surface area contributed by atoms with Crippen LogP contribution in [0.15, 0.2) is 41.6 Å². The first kappa shape index (κ1) is 15.8. The molecule has 0 saturated heterocycles. The number of aromatic amines is 2. The number of fused-ring (bicyclic) bond motifs is 2. The van der Waals surface area contributed by atoms with E-state index in [1.165, 1.54) is 22.8 Å². The van der Waals surface area contributed by atoms with E-state index in [9.17, 15) is 4.79 Å². The van der Waals surface area contributed by atoms with Gasteiger partial charge in [-0.3, -0.25) is 14.3 Å². The summed E-state index contributed by atoms with van der Waals surface area (Å²) in [6.45, 7) is 2.11. The number of aromatic nitrogens is 5. The number of benzene rings is 1. The maximum atomic E-state index is 11.8. The van der Waals surface area contributed by atoms with E-state index in [2.05, 4.69) is 56.3 Å². The van der Waals surface area contributed by atoms with Crippen molar-refractivity contribution in [2.45, 2.75) is 13.1 Å². The van der Waals surface area contributed by atoms with E-state index in [1.807, 2.05) is 10.6 Å². The van der Waals surface area contributed by atoms with Crippen molar-refractivity contribution in [3.8, 4) is 0 Å². The quantitative estimate of drug-likeness (QED) is 0.378. The van der Waals surface area contributed by atoms with Crippen LogP contribution in [0, 0.1) is 4.77 Å². The molecule has 7 nitrogen and oxygen atoms in total. The zero-order valence-electron chi connectivity index (χ0n) is 13.7. The molecule has 0 spiro atoms. The maximum absolute atomic E-state index is 11.8. The van der Waals surface area contributed by atoms with Gasteiger partial charge in [0, 0.05) is 43.8 Å². The predicted octanol–water partition coefficient (Wildman–Crippen LogP) is 2.06. The van der Waals surface area contributed by atoms with Gasteiger partial charge in [0.15, 0.2) is 10.4 Å². The Kier molecular flexibility index (Phi) is 3.98. The average Bonchev–Trinajstić information content (AvgIpc) is 3.20. The third-order valence-corrected chi connectivity index (χ3v) is 4.70. The molecule has 3 N–H and O–H groups in total. The third kappa shape index (κ3) is 2.79. The van der Waals surface area contributed by atoms with Crippen molar-refractivity contribution in [3.05, 3.63) is 57.5 Å². The van der Waals surface area contributed by atoms with E-state index < -0.39 is 0 Å². The fourth-order valence-electron chi connectivity index (χ4n) is 3.17. The molecule has 128 valence electrons. The molecule has 0 bridgehead atoms. The van der Waals surface area contributed by atoms with Crippen molar-refractivity contribution in [2.75, 3.05) is 6.54 Å². The zero-order chi connectivity index (χ0) is 17.4. The summed E-state index contributed by atoms with van der Waals surface area (Å²) in [5.74, 6) is 0. The minimum absolute atomic E-state index is 0.238. The van der Waals surface area contributed by atoms with E-state index in [-0.39, 0.29) is 5.56 Å². The van der Waals surface area contributed by atoms with Crippen LogP contribution in [0.1, 0.15) is 5.56 Å². The van der Waals surface area contributed by atoms with Crippen LogP contribution in [0.3, 0.4) is 0 Å². The van der Waals surface area contributed by atoms with Crippen LogP contribution in [-0.2, 0) is 20.1 Å². The number of imidazole rings is 1. The summed E-state index contributed by atoms with van der Waals surface area (Å²) in [6.07, 6.45) is 3.66. The SMILES string of the molecule is Cn1cc(CNCCn2c(=S)[nH]c(=O)c3[nH]cnc32)c2ccccc21. The van der Waals surface area contributed by atoms with Gasteiger partial charge in [0.25, 0.3) is 5.56 Å². The molecule has 0 atom stereocenters. The Morgan fingerprint density at radius 3 is 3.04 bits per heavy atom. The minimum Gasteiger partial charge on any atom is -0.350 e. The molecule has 0 saturated carbocycles. The lowest BCUT2D eigenvalue weighted by Crippen LogP contribution is -2.22. The van der Waals surface area contributed by atoms with Gasteiger partial charge in [-0.25, -0.2) is 4.98 Å². The fourth-order valence-corrected chi connectivity index (χ4v) is 3.44. The number of rotatable bonds is 5. The molecule has 0 aliphatic rings. The van der Waals surface area contributed by atoms with Gasteiger partial charge in [-0.1, -0.05) is 18.2 Å². The highest BCUT2D eigenvalue weighted by Crippen LogP contribution is 2.19. The Bertz CT molecular complexity index is 1170. The summed E-state index contributed by atoms with van der Waals surface area (Å²) < 4.78 is 4.35. The summed E-state index contributed by atoms with van der Waals surface area (Å²) >= 11 is 5.26. The zero-order valence-corrected chi connectivity index (χ0v) is 14.6. The van der Waals surface area contributed by atoms with Crippen molar-refractivity contribution >= 4 is 34.3 Å². The lowest BCUT2D eigenvalue weighted by molar-refractivity contribution is 0.594. The average molecular weight is 354 g/mol. The highest BCUT2D eigenvalue weighted by Gasteiger charge is 2.08. The summed E-state index contributed by atoms with van der Waals surface area (Å²) in [4.78, 5) is 21.6. The van der Waals surface area contributed by atoms with E-state index in [1.54, 1.807) is 0 Å². The minimum atomic E-state index is -0.238. The largest absolute Gasteiger partial charge is 0.350 e. The molecule has 3 aromatic heterocycles. The van der Waals surface area contributed by atoms with Gasteiger partial charge in [-0.2, -0.15) is 0 Å². The number of nitrogens with zero attached hydrogens (tertiary/aromatic N) is 3. The first-order valence-corrected chi connectivity index (χ1v) is 8.46. The van der Waals surface area contributed by atoms with Crippen LogP contribution < -0.4 is 10.9 Å². The highest BCUT2D eigenvalue weighted by molar-refractivity contribution is 7.71. The Labute approximate surface area is 148 Å². The van der Waals surface area contributed by atoms with Crippen LogP contribution >= 0.6 is 12.2 Å². The molecule has 0 aliphatic carbocycles. The molecule has 4 rings (SSSR count). The van der Waals surface area contributed by atoms with Crippen LogP contribution in [0.4, 0.5) is 0 Å². The summed E-state index contributed by atoms with van der Waals surface area (Å²) in [6, 6.07) is 8.36. The van der Waals surface area contributed by atoms with Crippen molar-refractivity contribution in [2.24, 2.45) is 7.05 Å². The number of H-pyrrole nitrogens is 2. The first-order chi connectivity index (χ1) is 12.1. The van der Waals surface area contributed by atoms with E-state index in [0.717, 1.165) is 6.54 Å². The van der Waals surface area contributed by atoms with E-state index in [0.29, 0.717) is 29.0 Å². The molecule has 25 heavy (non-hydrogen) atoms. The van der Waals surface area contributed by atoms with Gasteiger partial charge in [0.05, 0.1) is 6.33 Å². The van der Waals surface area contributed by atoms with Gasteiger partial charge in [0.1, 0.15) is 5.52 Å². The van der Waals surface area contributed by atoms with Crippen molar-refractivity contribution in [1.29, 1.82) is 0 Å². The lowest BCUT2D eigenvalue weighted by atomic mass is 10.2. The molecular formula is C17H18N6OS. The number of hydrogen-bond donors (Lipinski definition) is 3. The maximum Gasteiger partial charge on any atom is 0.277 e. The molecule has 0 radical (unpaired) electrons. The number of hydrogen-bond acceptors (Lipinski definition) is 4. The second-order valence-electron chi connectivity index (χ2n) is 5.97. The van der Waals surface area contributed by atoms with Gasteiger partial charge >= 0.3 is 0 Å². The van der Waals surface area contributed by atoms with Gasteiger partial charge in [-0.05, 0) is 23.8 Å². The fraction of sp³-hybridized carbons (Fsp3) is 0.235. The topological polar surface area (TPSA) is 83.4 Å². The number of nitrogens with one attached hydrogen (secondary N) is 3. The van der Waals surface area contributed by atoms with Crippen LogP contribution in [0.5, 0.6) is 0 Å². The van der Waals surface area contributed by atoms with Gasteiger partial charge in [0.2, 0.25) is 0 Å². The third-order valence-electron chi connectivity index (χ3n) is 4.37. The standard InChI is InChI=1S/C17H18N6OS/c1-22-9-11(12-4-2-3-5-13(12)22)8-18-6-7-23-15-14(19-10-20-15)16(24)21-17(23)25/h2-5,9-10,18H,6-8H2,1H3,(H,19,20)(H,21,24,25). The molecule has 4 aromatic rings. The summed E-state index contributed by atoms with van der Waals surface area (Å²) in [7, 11) is 2.06. The van der Waals surface area contributed by atoms with E-state index in [4.69, 9.17) is 12.2 Å².